The highest BCUT2D eigenvalue weighted by Crippen LogP contribution is 2.44. The smallest absolute Gasteiger partial charge is 0.488 e. The average Bonchev–Trinajstić information content (AvgIpc) is 4.15. The van der Waals surface area contributed by atoms with Gasteiger partial charge in [0, 0.05) is 49.7 Å². The molecule has 0 bridgehead atoms. The summed E-state index contributed by atoms with van der Waals surface area (Å²) < 4.78 is 22.0. The van der Waals surface area contributed by atoms with Gasteiger partial charge in [-0.1, -0.05) is 69.3 Å². The van der Waals surface area contributed by atoms with Crippen LogP contribution in [0.2, 0.25) is 0 Å². The summed E-state index contributed by atoms with van der Waals surface area (Å²) in [6.07, 6.45) is 1.40. The highest BCUT2D eigenvalue weighted by Gasteiger charge is 2.43. The van der Waals surface area contributed by atoms with Crippen LogP contribution < -0.4 is 15.4 Å². The normalized spacial score (nSPS) is 20.7. The molecule has 0 aliphatic carbocycles. The molecule has 340 valence electrons. The summed E-state index contributed by atoms with van der Waals surface area (Å²) in [5.74, 6) is 2.10. The van der Waals surface area contributed by atoms with Crippen LogP contribution in [0.3, 0.4) is 0 Å². The molecule has 16 nitrogen and oxygen atoms in total. The number of nitrogens with zero attached hydrogens (tertiary/aromatic N) is 4. The molecule has 2 fully saturated rings. The fourth-order valence-electron chi connectivity index (χ4n) is 9.92. The van der Waals surface area contributed by atoms with E-state index in [4.69, 9.17) is 28.9 Å². The molecule has 0 saturated carbocycles. The van der Waals surface area contributed by atoms with E-state index in [1.54, 1.807) is 7.11 Å². The van der Waals surface area contributed by atoms with Gasteiger partial charge in [0.15, 0.2) is 0 Å². The minimum atomic E-state index is -1.27. The molecule has 6 N–H and O–H groups in total. The van der Waals surface area contributed by atoms with E-state index in [1.165, 1.54) is 19.5 Å². The number of fused-ring (bicyclic) bond motifs is 6. The molecule has 2 aromatic heterocycles. The van der Waals surface area contributed by atoms with E-state index in [0.717, 1.165) is 67.5 Å². The predicted molar refractivity (Wildman–Crippen MR) is 242 cm³/mol. The Balaban J connectivity index is 0.972. The topological polar surface area (TPSA) is 201 Å². The van der Waals surface area contributed by atoms with Gasteiger partial charge in [0.25, 0.3) is 5.91 Å². The van der Waals surface area contributed by atoms with Crippen LogP contribution in [0.25, 0.3) is 44.2 Å². The first-order valence-corrected chi connectivity index (χ1v) is 22.3. The summed E-state index contributed by atoms with van der Waals surface area (Å²) in [4.78, 5) is 61.5. The van der Waals surface area contributed by atoms with Crippen molar-refractivity contribution in [2.75, 3.05) is 41.0 Å². The Morgan fingerprint density at radius 1 is 0.923 bits per heavy atom. The molecule has 6 aromatic rings. The number of hydrogen-bond acceptors (Lipinski definition) is 11. The summed E-state index contributed by atoms with van der Waals surface area (Å²) in [6, 6.07) is 21.9. The number of aromatic nitrogens is 4. The first kappa shape index (κ1) is 44.1. The Labute approximate surface area is 377 Å². The van der Waals surface area contributed by atoms with Gasteiger partial charge in [0.05, 0.1) is 54.8 Å². The summed E-state index contributed by atoms with van der Waals surface area (Å²) >= 11 is 0. The number of carbonyl (C=O) groups is 3. The second-order valence-corrected chi connectivity index (χ2v) is 18.0. The molecule has 5 heterocycles. The molecule has 3 aliphatic heterocycles. The van der Waals surface area contributed by atoms with Gasteiger partial charge in [-0.15, -0.1) is 0 Å². The van der Waals surface area contributed by atoms with Crippen molar-refractivity contribution in [3.63, 3.8) is 0 Å². The van der Waals surface area contributed by atoms with Gasteiger partial charge < -0.3 is 43.8 Å². The zero-order chi connectivity index (χ0) is 45.5. The number of carbonyl (C=O) groups excluding carboxylic acids is 3. The highest BCUT2D eigenvalue weighted by molar-refractivity contribution is 6.07. The lowest BCUT2D eigenvalue weighted by Crippen LogP contribution is -2.91. The van der Waals surface area contributed by atoms with Gasteiger partial charge in [-0.2, -0.15) is 4.79 Å². The molecular weight excluding hydrogens is 829 g/mol. The number of nitrogens with one attached hydrogen (secondary N) is 3. The number of imidazole rings is 2. The number of rotatable bonds is 13. The number of amides is 3. The Morgan fingerprint density at radius 2 is 1.71 bits per heavy atom. The van der Waals surface area contributed by atoms with Crippen LogP contribution in [-0.2, 0) is 30.4 Å². The Bertz CT molecular complexity index is 2720. The number of hydrogen-bond donors (Lipinski definition) is 5. The number of aromatic amines is 2. The first-order chi connectivity index (χ1) is 31.4. The van der Waals surface area contributed by atoms with Gasteiger partial charge in [-0.25, -0.2) is 15.3 Å². The Morgan fingerprint density at radius 3 is 2.46 bits per heavy atom. The monoisotopic (exact) mass is 885 g/mol. The minimum Gasteiger partial charge on any atom is -0.488 e. The number of H-pyrrole nitrogens is 2. The average molecular weight is 886 g/mol. The van der Waals surface area contributed by atoms with E-state index in [2.05, 4.69) is 58.6 Å². The number of primary amides is 1. The summed E-state index contributed by atoms with van der Waals surface area (Å²) in [7, 11) is 4.37. The van der Waals surface area contributed by atoms with Crippen molar-refractivity contribution in [2.24, 2.45) is 17.8 Å². The van der Waals surface area contributed by atoms with Crippen molar-refractivity contribution in [2.45, 2.75) is 70.8 Å². The molecular formula is C49H57N8O8+. The van der Waals surface area contributed by atoms with E-state index in [1.807, 2.05) is 66.2 Å². The Hall–Kier alpha value is -6.17. The lowest BCUT2D eigenvalue weighted by atomic mass is 9.92. The van der Waals surface area contributed by atoms with Crippen LogP contribution in [0.1, 0.15) is 74.5 Å². The van der Waals surface area contributed by atoms with Crippen LogP contribution in [0.15, 0.2) is 79.0 Å². The van der Waals surface area contributed by atoms with Crippen LogP contribution in [-0.4, -0.2) is 106 Å². The van der Waals surface area contributed by atoms with Gasteiger partial charge in [-0.3, -0.25) is 14.9 Å². The minimum absolute atomic E-state index is 0.106. The van der Waals surface area contributed by atoms with Crippen LogP contribution in [0.5, 0.6) is 5.75 Å². The molecule has 9 rings (SSSR count). The molecule has 2 saturated heterocycles. The standard InChI is InChI=1S/C49H56N8O8/c1-26(2)41(54-48(60)63-5)46(58)57-23-28(24-62-4)17-39(57)45-51-36-15-13-30-19-35-33-14-12-31(18-32(33)25-65-40(35)20-34(30)43(36)53-45)37-21-50-44(52-37)38-16-27(3)22-56(38)47(59)42(55-49(61)64-6)29-10-8-7-9-11-29/h7-15,18-21,26-28,38-39,41-42,48,54,60H,16-17,22-25H2,1-6H3,(H,50,52)(H,51,53)(H,55,61)/p+1/t27-,28-,38-,39-,41-,42+,48?/m0/s1. The quantitative estimate of drug-likeness (QED) is 0.0889. The number of ether oxygens (including phenoxy) is 4. The van der Waals surface area contributed by atoms with Crippen molar-refractivity contribution in [3.8, 4) is 28.1 Å². The van der Waals surface area contributed by atoms with Crippen molar-refractivity contribution >= 4 is 39.7 Å². The third-order valence-corrected chi connectivity index (χ3v) is 13.2. The summed E-state index contributed by atoms with van der Waals surface area (Å²) in [6.45, 7) is 7.92. The molecule has 0 spiro atoms. The molecule has 7 atom stereocenters. The number of aliphatic hydroxyl groups excluding tert-OH is 1. The van der Waals surface area contributed by atoms with Crippen LogP contribution in [0.4, 0.5) is 4.79 Å². The van der Waals surface area contributed by atoms with E-state index in [9.17, 15) is 19.5 Å². The second-order valence-electron chi connectivity index (χ2n) is 18.0. The molecule has 1 unspecified atom stereocenters. The fourth-order valence-corrected chi connectivity index (χ4v) is 9.92. The van der Waals surface area contributed by atoms with Gasteiger partial charge in [0.1, 0.15) is 24.0 Å². The van der Waals surface area contributed by atoms with Crippen molar-refractivity contribution in [3.05, 3.63) is 102 Å². The number of quaternary nitrogens is 1. The number of aliphatic hydroxyl groups is 1. The molecule has 0 radical (unpaired) electrons. The van der Waals surface area contributed by atoms with Crippen LogP contribution in [0, 0.1) is 17.8 Å². The number of methoxy groups -OCH3 is 3. The van der Waals surface area contributed by atoms with Crippen LogP contribution >= 0.6 is 0 Å². The molecule has 4 aromatic carbocycles. The fraction of sp³-hybridized carbons (Fsp3) is 0.408. The van der Waals surface area contributed by atoms with E-state index in [-0.39, 0.29) is 41.7 Å². The second kappa shape index (κ2) is 18.4. The van der Waals surface area contributed by atoms with E-state index >= 15 is 0 Å². The maximum absolute atomic E-state index is 14.2. The lowest BCUT2D eigenvalue weighted by molar-refractivity contribution is -0.601. The predicted octanol–water partition coefficient (Wildman–Crippen LogP) is 5.72. The van der Waals surface area contributed by atoms with Crippen molar-refractivity contribution < 1.29 is 43.8 Å². The zero-order valence-corrected chi connectivity index (χ0v) is 37.5. The largest absolute Gasteiger partial charge is 0.513 e. The highest BCUT2D eigenvalue weighted by atomic mass is 16.6. The van der Waals surface area contributed by atoms with Crippen molar-refractivity contribution in [1.82, 2.24) is 35.1 Å². The first-order valence-electron chi connectivity index (χ1n) is 22.3. The third kappa shape index (κ3) is 8.59. The number of nitrogens with two attached hydrogens (primary N) is 1. The maximum Gasteiger partial charge on any atom is 0.513 e. The van der Waals surface area contributed by atoms with Gasteiger partial charge >= 0.3 is 6.09 Å². The summed E-state index contributed by atoms with van der Waals surface area (Å²) in [5.41, 5.74) is 7.25. The molecule has 3 aliphatic rings. The SMILES string of the molecule is COC[C@H]1C[C@@H](c2nc3c(ccc4cc5c(cc43)OCc3cc(-c4cnc([C@@H]6C[C@H](C)CN6C(=O)[C@H]([NH2+]C(=O)OC)c6ccccc6)[nH]4)ccc3-5)[nH]2)N(C(=O)[C@@H](NC(O)OC)C(C)C)C1. The zero-order valence-electron chi connectivity index (χ0n) is 37.5. The molecule has 65 heavy (non-hydrogen) atoms. The van der Waals surface area contributed by atoms with Gasteiger partial charge in [-0.05, 0) is 71.0 Å². The molecule has 16 heteroatoms. The van der Waals surface area contributed by atoms with Gasteiger partial charge in [0.2, 0.25) is 18.4 Å². The molecule has 3 amide bonds. The number of benzene rings is 4. The maximum atomic E-state index is 14.2. The lowest BCUT2D eigenvalue weighted by Gasteiger charge is -2.31. The van der Waals surface area contributed by atoms with E-state index in [0.29, 0.717) is 44.4 Å². The number of likely N-dealkylation sites (tertiary alicyclic amines) is 2. The summed E-state index contributed by atoms with van der Waals surface area (Å²) in [5, 5.41) is 16.5. The van der Waals surface area contributed by atoms with Crippen molar-refractivity contribution in [1.29, 1.82) is 0 Å². The Kier molecular flexibility index (Phi) is 12.5. The van der Waals surface area contributed by atoms with E-state index < -0.39 is 24.6 Å². The third-order valence-electron chi connectivity index (χ3n) is 13.2.